The number of amides is 1. The third-order valence-electron chi connectivity index (χ3n) is 3.77. The van der Waals surface area contributed by atoms with E-state index < -0.39 is 23.1 Å². The number of rotatable bonds is 5. The van der Waals surface area contributed by atoms with Gasteiger partial charge >= 0.3 is 0 Å². The van der Waals surface area contributed by atoms with Crippen LogP contribution in [0.2, 0.25) is 0 Å². The third-order valence-corrected chi connectivity index (χ3v) is 3.77. The number of benzene rings is 1. The van der Waals surface area contributed by atoms with Crippen molar-refractivity contribution in [2.45, 2.75) is 39.7 Å². The van der Waals surface area contributed by atoms with Crippen molar-refractivity contribution in [3.05, 3.63) is 34.9 Å². The maximum absolute atomic E-state index is 13.6. The minimum atomic E-state index is -1.09. The Morgan fingerprint density at radius 3 is 2.55 bits per heavy atom. The summed E-state index contributed by atoms with van der Waals surface area (Å²) < 4.78 is 27.0. The molecular formula is C15H21F2NO2. The molecule has 0 bridgehead atoms. The van der Waals surface area contributed by atoms with Crippen LogP contribution < -0.4 is 5.32 Å². The van der Waals surface area contributed by atoms with Crippen LogP contribution in [0.25, 0.3) is 0 Å². The van der Waals surface area contributed by atoms with Crippen LogP contribution >= 0.6 is 0 Å². The zero-order valence-corrected chi connectivity index (χ0v) is 12.3. The Hall–Kier alpha value is -1.49. The van der Waals surface area contributed by atoms with E-state index in [0.717, 1.165) is 18.6 Å². The van der Waals surface area contributed by atoms with Gasteiger partial charge in [-0.25, -0.2) is 8.78 Å². The lowest BCUT2D eigenvalue weighted by atomic mass is 9.88. The predicted octanol–water partition coefficient (Wildman–Crippen LogP) is 2.80. The number of aliphatic hydroxyl groups is 1. The van der Waals surface area contributed by atoms with Crippen LogP contribution in [-0.2, 0) is 0 Å². The minimum Gasteiger partial charge on any atom is -0.388 e. The van der Waals surface area contributed by atoms with Gasteiger partial charge in [0.1, 0.15) is 11.6 Å². The van der Waals surface area contributed by atoms with Crippen LogP contribution in [-0.4, -0.2) is 23.2 Å². The van der Waals surface area contributed by atoms with Crippen LogP contribution in [0.3, 0.4) is 0 Å². The molecule has 0 aromatic heterocycles. The van der Waals surface area contributed by atoms with Gasteiger partial charge in [-0.1, -0.05) is 20.3 Å². The molecule has 2 atom stereocenters. The predicted molar refractivity (Wildman–Crippen MR) is 73.5 cm³/mol. The maximum Gasteiger partial charge on any atom is 0.254 e. The summed E-state index contributed by atoms with van der Waals surface area (Å²) in [6, 6.07) is 1.86. The summed E-state index contributed by atoms with van der Waals surface area (Å²) in [7, 11) is 0. The van der Waals surface area contributed by atoms with Crippen LogP contribution in [0.15, 0.2) is 12.1 Å². The van der Waals surface area contributed by atoms with Crippen molar-refractivity contribution in [1.29, 1.82) is 0 Å². The molecule has 2 N–H and O–H groups in total. The molecule has 0 spiro atoms. The Morgan fingerprint density at radius 1 is 1.40 bits per heavy atom. The first-order valence-electron chi connectivity index (χ1n) is 6.65. The second-order valence-corrected chi connectivity index (χ2v) is 5.43. The number of halogens is 2. The van der Waals surface area contributed by atoms with Crippen LogP contribution in [0.4, 0.5) is 8.78 Å². The molecule has 0 radical (unpaired) electrons. The lowest BCUT2D eigenvalue weighted by Gasteiger charge is -2.29. The number of nitrogens with one attached hydrogen (secondary N) is 1. The van der Waals surface area contributed by atoms with Gasteiger partial charge in [0.2, 0.25) is 0 Å². The summed E-state index contributed by atoms with van der Waals surface area (Å²) in [6.45, 7) is 6.80. The Kier molecular flexibility index (Phi) is 5.22. The summed E-state index contributed by atoms with van der Waals surface area (Å²) in [6.07, 6.45) is 0.746. The Labute approximate surface area is 118 Å². The zero-order chi connectivity index (χ0) is 15.5. The van der Waals surface area contributed by atoms with Crippen molar-refractivity contribution in [3.63, 3.8) is 0 Å². The van der Waals surface area contributed by atoms with E-state index in [4.69, 9.17) is 0 Å². The molecule has 3 nitrogen and oxygen atoms in total. The first-order chi connectivity index (χ1) is 9.19. The molecule has 0 saturated carbocycles. The largest absolute Gasteiger partial charge is 0.388 e. The SMILES string of the molecule is CCC(C)C(C)(O)CNC(=O)c1cc(F)c(C)cc1F. The highest BCUT2D eigenvalue weighted by Gasteiger charge is 2.28. The van der Waals surface area contributed by atoms with E-state index >= 15 is 0 Å². The quantitative estimate of drug-likeness (QED) is 0.874. The summed E-state index contributed by atoms with van der Waals surface area (Å²) in [5.41, 5.74) is -1.30. The van der Waals surface area contributed by atoms with E-state index in [2.05, 4.69) is 5.32 Å². The number of hydrogen-bond acceptors (Lipinski definition) is 2. The second kappa shape index (κ2) is 6.31. The van der Waals surface area contributed by atoms with Crippen molar-refractivity contribution >= 4 is 5.91 Å². The summed E-state index contributed by atoms with van der Waals surface area (Å²) in [4.78, 5) is 11.9. The van der Waals surface area contributed by atoms with Crippen LogP contribution in [0.1, 0.15) is 43.1 Å². The molecule has 0 fully saturated rings. The number of hydrogen-bond donors (Lipinski definition) is 2. The molecule has 2 unspecified atom stereocenters. The average Bonchev–Trinajstić information content (AvgIpc) is 2.39. The minimum absolute atomic E-state index is 0.0181. The molecule has 20 heavy (non-hydrogen) atoms. The monoisotopic (exact) mass is 285 g/mol. The normalized spacial score (nSPS) is 15.6. The number of aryl methyl sites for hydroxylation is 1. The van der Waals surface area contributed by atoms with Crippen LogP contribution in [0, 0.1) is 24.5 Å². The lowest BCUT2D eigenvalue weighted by molar-refractivity contribution is 0.00588. The fourth-order valence-electron chi connectivity index (χ4n) is 1.79. The number of carbonyl (C=O) groups is 1. The Bertz CT molecular complexity index is 501. The van der Waals surface area contributed by atoms with Gasteiger partial charge in [-0.3, -0.25) is 4.79 Å². The van der Waals surface area contributed by atoms with Crippen molar-refractivity contribution in [2.75, 3.05) is 6.54 Å². The molecule has 1 aromatic carbocycles. The molecule has 1 amide bonds. The molecule has 0 aliphatic rings. The average molecular weight is 285 g/mol. The van der Waals surface area contributed by atoms with E-state index in [-0.39, 0.29) is 23.6 Å². The Balaban J connectivity index is 2.80. The van der Waals surface area contributed by atoms with Gasteiger partial charge in [-0.2, -0.15) is 0 Å². The summed E-state index contributed by atoms with van der Waals surface area (Å²) in [5.74, 6) is -2.16. The molecule has 0 aliphatic heterocycles. The van der Waals surface area contributed by atoms with Crippen molar-refractivity contribution in [2.24, 2.45) is 5.92 Å². The maximum atomic E-state index is 13.6. The lowest BCUT2D eigenvalue weighted by Crippen LogP contribution is -2.45. The smallest absolute Gasteiger partial charge is 0.254 e. The van der Waals surface area contributed by atoms with Gasteiger partial charge in [0.25, 0.3) is 5.91 Å². The number of carbonyl (C=O) groups excluding carboxylic acids is 1. The van der Waals surface area contributed by atoms with Crippen molar-refractivity contribution < 1.29 is 18.7 Å². The van der Waals surface area contributed by atoms with Gasteiger partial charge in [-0.15, -0.1) is 0 Å². The standard InChI is InChI=1S/C15H21F2NO2/c1-5-10(3)15(4,20)8-18-14(19)11-7-12(16)9(2)6-13(11)17/h6-7,10,20H,5,8H2,1-4H3,(H,18,19). The van der Waals surface area contributed by atoms with E-state index in [0.29, 0.717) is 0 Å². The fourth-order valence-corrected chi connectivity index (χ4v) is 1.79. The molecule has 0 aliphatic carbocycles. The highest BCUT2D eigenvalue weighted by atomic mass is 19.1. The topological polar surface area (TPSA) is 49.3 Å². The molecule has 1 rings (SSSR count). The summed E-state index contributed by atoms with van der Waals surface area (Å²) in [5, 5.41) is 12.6. The van der Waals surface area contributed by atoms with E-state index in [1.807, 2.05) is 13.8 Å². The van der Waals surface area contributed by atoms with Crippen molar-refractivity contribution in [1.82, 2.24) is 5.32 Å². The van der Waals surface area contributed by atoms with Gasteiger partial charge in [0.15, 0.2) is 0 Å². The highest BCUT2D eigenvalue weighted by molar-refractivity contribution is 5.94. The van der Waals surface area contributed by atoms with Crippen LogP contribution in [0.5, 0.6) is 0 Å². The molecule has 112 valence electrons. The van der Waals surface area contributed by atoms with E-state index in [1.54, 1.807) is 6.92 Å². The molecule has 5 heteroatoms. The molecule has 0 heterocycles. The van der Waals surface area contributed by atoms with E-state index in [1.165, 1.54) is 6.92 Å². The molecule has 0 saturated heterocycles. The van der Waals surface area contributed by atoms with E-state index in [9.17, 15) is 18.7 Å². The van der Waals surface area contributed by atoms with Gasteiger partial charge in [0, 0.05) is 6.54 Å². The second-order valence-electron chi connectivity index (χ2n) is 5.43. The third kappa shape index (κ3) is 3.76. The first kappa shape index (κ1) is 16.6. The molecule has 1 aromatic rings. The highest BCUT2D eigenvalue weighted by Crippen LogP contribution is 2.19. The Morgan fingerprint density at radius 2 is 2.00 bits per heavy atom. The van der Waals surface area contributed by atoms with Gasteiger partial charge in [0.05, 0.1) is 11.2 Å². The summed E-state index contributed by atoms with van der Waals surface area (Å²) >= 11 is 0. The first-order valence-corrected chi connectivity index (χ1v) is 6.65. The van der Waals surface area contributed by atoms with Crippen molar-refractivity contribution in [3.8, 4) is 0 Å². The van der Waals surface area contributed by atoms with Gasteiger partial charge in [-0.05, 0) is 37.5 Å². The zero-order valence-electron chi connectivity index (χ0n) is 12.3. The fraction of sp³-hybridized carbons (Fsp3) is 0.533. The van der Waals surface area contributed by atoms with Gasteiger partial charge < -0.3 is 10.4 Å². The molecular weight excluding hydrogens is 264 g/mol.